The van der Waals surface area contributed by atoms with Crippen LogP contribution in [-0.2, 0) is 4.74 Å². The Morgan fingerprint density at radius 1 is 1.47 bits per heavy atom. The monoisotopic (exact) mass is 282 g/mol. The molecule has 0 atom stereocenters. The first-order valence-corrected chi connectivity index (χ1v) is 6.49. The standard InChI is InChI=1S/C14H19ClN2O2/c1-14(2,3)19-13(18)16-9-5-4-6-12-8-7-11(15)10-17-12/h4,6-8,10H,5,9H2,1-3H3,(H,16,18). The maximum absolute atomic E-state index is 11.3. The van der Waals surface area contributed by atoms with Crippen LogP contribution in [0, 0.1) is 0 Å². The van der Waals surface area contributed by atoms with E-state index in [1.54, 1.807) is 12.3 Å². The Morgan fingerprint density at radius 2 is 2.21 bits per heavy atom. The van der Waals surface area contributed by atoms with Gasteiger partial charge in [0.2, 0.25) is 0 Å². The fourth-order valence-electron chi connectivity index (χ4n) is 1.26. The van der Waals surface area contributed by atoms with E-state index in [1.807, 2.05) is 39.0 Å². The summed E-state index contributed by atoms with van der Waals surface area (Å²) < 4.78 is 5.11. The Labute approximate surface area is 118 Å². The molecule has 0 aliphatic rings. The van der Waals surface area contributed by atoms with E-state index in [4.69, 9.17) is 16.3 Å². The molecule has 1 heterocycles. The fraction of sp³-hybridized carbons (Fsp3) is 0.429. The van der Waals surface area contributed by atoms with Gasteiger partial charge < -0.3 is 10.1 Å². The van der Waals surface area contributed by atoms with Gasteiger partial charge in [-0.15, -0.1) is 0 Å². The van der Waals surface area contributed by atoms with Crippen molar-refractivity contribution >= 4 is 23.8 Å². The zero-order valence-corrected chi connectivity index (χ0v) is 12.2. The molecule has 1 aromatic rings. The number of nitrogens with zero attached hydrogens (tertiary/aromatic N) is 1. The molecule has 0 bridgehead atoms. The first-order valence-electron chi connectivity index (χ1n) is 6.12. The Hall–Kier alpha value is -1.55. The van der Waals surface area contributed by atoms with Crippen molar-refractivity contribution in [2.75, 3.05) is 6.54 Å². The van der Waals surface area contributed by atoms with E-state index in [0.29, 0.717) is 18.0 Å². The van der Waals surface area contributed by atoms with Crippen molar-refractivity contribution in [2.24, 2.45) is 0 Å². The normalized spacial score (nSPS) is 11.6. The van der Waals surface area contributed by atoms with Gasteiger partial charge in [0.25, 0.3) is 0 Å². The third-order valence-corrected chi connectivity index (χ3v) is 2.24. The fourth-order valence-corrected chi connectivity index (χ4v) is 1.37. The molecule has 5 heteroatoms. The van der Waals surface area contributed by atoms with Crippen molar-refractivity contribution < 1.29 is 9.53 Å². The van der Waals surface area contributed by atoms with Crippen LogP contribution in [0.3, 0.4) is 0 Å². The topological polar surface area (TPSA) is 51.2 Å². The van der Waals surface area contributed by atoms with Crippen LogP contribution < -0.4 is 5.32 Å². The second kappa shape index (κ2) is 7.14. The van der Waals surface area contributed by atoms with Crippen LogP contribution in [0.2, 0.25) is 5.02 Å². The highest BCUT2D eigenvalue weighted by Gasteiger charge is 2.14. The summed E-state index contributed by atoms with van der Waals surface area (Å²) >= 11 is 5.74. The molecule has 19 heavy (non-hydrogen) atoms. The van der Waals surface area contributed by atoms with E-state index < -0.39 is 11.7 Å². The molecule has 0 aromatic carbocycles. The minimum atomic E-state index is -0.465. The van der Waals surface area contributed by atoms with Crippen LogP contribution in [-0.4, -0.2) is 23.2 Å². The summed E-state index contributed by atoms with van der Waals surface area (Å²) in [5.41, 5.74) is 0.370. The number of carbonyl (C=O) groups excluding carboxylic acids is 1. The molecule has 0 unspecified atom stereocenters. The third-order valence-electron chi connectivity index (χ3n) is 2.02. The van der Waals surface area contributed by atoms with E-state index in [0.717, 1.165) is 5.69 Å². The predicted octanol–water partition coefficient (Wildman–Crippen LogP) is 3.66. The highest BCUT2D eigenvalue weighted by atomic mass is 35.5. The third kappa shape index (κ3) is 7.47. The molecule has 0 saturated carbocycles. The van der Waals surface area contributed by atoms with Gasteiger partial charge in [-0.2, -0.15) is 0 Å². The number of ether oxygens (including phenoxy) is 1. The Kier molecular flexibility index (Phi) is 5.83. The van der Waals surface area contributed by atoms with Crippen LogP contribution in [0.4, 0.5) is 4.79 Å². The lowest BCUT2D eigenvalue weighted by Crippen LogP contribution is -2.32. The van der Waals surface area contributed by atoms with Crippen molar-refractivity contribution in [1.29, 1.82) is 0 Å². The first kappa shape index (κ1) is 15.5. The number of halogens is 1. The minimum absolute atomic E-state index is 0.398. The SMILES string of the molecule is CC(C)(C)OC(=O)NCCC=Cc1ccc(Cl)cn1. The van der Waals surface area contributed by atoms with Gasteiger partial charge in [-0.3, -0.25) is 4.98 Å². The lowest BCUT2D eigenvalue weighted by Gasteiger charge is -2.19. The van der Waals surface area contributed by atoms with Crippen LogP contribution in [0.5, 0.6) is 0 Å². The summed E-state index contributed by atoms with van der Waals surface area (Å²) in [5, 5.41) is 3.30. The number of hydrogen-bond donors (Lipinski definition) is 1. The smallest absolute Gasteiger partial charge is 0.407 e. The van der Waals surface area contributed by atoms with Crippen molar-refractivity contribution in [2.45, 2.75) is 32.8 Å². The highest BCUT2D eigenvalue weighted by Crippen LogP contribution is 2.08. The van der Waals surface area contributed by atoms with Crippen LogP contribution in [0.25, 0.3) is 6.08 Å². The molecule has 0 radical (unpaired) electrons. The van der Waals surface area contributed by atoms with Crippen LogP contribution in [0.1, 0.15) is 32.9 Å². The van der Waals surface area contributed by atoms with E-state index in [9.17, 15) is 4.79 Å². The largest absolute Gasteiger partial charge is 0.444 e. The van der Waals surface area contributed by atoms with Crippen LogP contribution >= 0.6 is 11.6 Å². The average molecular weight is 283 g/mol. The van der Waals surface area contributed by atoms with Crippen molar-refractivity contribution in [3.63, 3.8) is 0 Å². The zero-order chi connectivity index (χ0) is 14.3. The van der Waals surface area contributed by atoms with E-state index >= 15 is 0 Å². The number of pyridine rings is 1. The number of hydrogen-bond acceptors (Lipinski definition) is 3. The maximum atomic E-state index is 11.3. The molecule has 104 valence electrons. The van der Waals surface area contributed by atoms with E-state index in [2.05, 4.69) is 10.3 Å². The molecule has 0 aliphatic carbocycles. The molecule has 0 spiro atoms. The van der Waals surface area contributed by atoms with Crippen molar-refractivity contribution in [1.82, 2.24) is 10.3 Å². The maximum Gasteiger partial charge on any atom is 0.407 e. The average Bonchev–Trinajstić information content (AvgIpc) is 2.29. The summed E-state index contributed by atoms with van der Waals surface area (Å²) in [4.78, 5) is 15.5. The van der Waals surface area contributed by atoms with E-state index in [-0.39, 0.29) is 0 Å². The summed E-state index contributed by atoms with van der Waals surface area (Å²) in [6.07, 6.45) is 5.73. The molecule has 1 rings (SSSR count). The van der Waals surface area contributed by atoms with Gasteiger partial charge in [0.05, 0.1) is 10.7 Å². The number of carbonyl (C=O) groups is 1. The van der Waals surface area contributed by atoms with Gasteiger partial charge in [-0.05, 0) is 45.4 Å². The van der Waals surface area contributed by atoms with Crippen molar-refractivity contribution in [3.8, 4) is 0 Å². The lowest BCUT2D eigenvalue weighted by molar-refractivity contribution is 0.0529. The molecule has 1 aromatic heterocycles. The quantitative estimate of drug-likeness (QED) is 0.858. The predicted molar refractivity (Wildman–Crippen MR) is 77.1 cm³/mol. The minimum Gasteiger partial charge on any atom is -0.444 e. The highest BCUT2D eigenvalue weighted by molar-refractivity contribution is 6.30. The van der Waals surface area contributed by atoms with E-state index in [1.165, 1.54) is 0 Å². The number of aromatic nitrogens is 1. The summed E-state index contributed by atoms with van der Waals surface area (Å²) in [6.45, 7) is 6.02. The van der Waals surface area contributed by atoms with Gasteiger partial charge in [0.15, 0.2) is 0 Å². The Bertz CT molecular complexity index is 436. The van der Waals surface area contributed by atoms with Gasteiger partial charge >= 0.3 is 6.09 Å². The lowest BCUT2D eigenvalue weighted by atomic mass is 10.2. The summed E-state index contributed by atoms with van der Waals surface area (Å²) in [6, 6.07) is 3.62. The number of amides is 1. The second-order valence-electron chi connectivity index (χ2n) is 5.02. The Balaban J connectivity index is 2.24. The molecule has 1 N–H and O–H groups in total. The Morgan fingerprint density at radius 3 is 2.79 bits per heavy atom. The molecular weight excluding hydrogens is 264 g/mol. The molecular formula is C14H19ClN2O2. The summed E-state index contributed by atoms with van der Waals surface area (Å²) in [5.74, 6) is 0. The zero-order valence-electron chi connectivity index (χ0n) is 11.4. The van der Waals surface area contributed by atoms with Gasteiger partial charge in [-0.1, -0.05) is 17.7 Å². The molecule has 0 fully saturated rings. The van der Waals surface area contributed by atoms with Gasteiger partial charge in [0, 0.05) is 12.7 Å². The van der Waals surface area contributed by atoms with Crippen LogP contribution in [0.15, 0.2) is 24.4 Å². The number of alkyl carbamates (subject to hydrolysis) is 1. The molecule has 0 saturated heterocycles. The number of nitrogens with one attached hydrogen (secondary N) is 1. The van der Waals surface area contributed by atoms with Gasteiger partial charge in [0.1, 0.15) is 5.60 Å². The molecule has 4 nitrogen and oxygen atoms in total. The molecule has 0 aliphatic heterocycles. The number of rotatable bonds is 4. The second-order valence-corrected chi connectivity index (χ2v) is 5.46. The van der Waals surface area contributed by atoms with Crippen molar-refractivity contribution in [3.05, 3.63) is 35.1 Å². The van der Waals surface area contributed by atoms with Gasteiger partial charge in [-0.25, -0.2) is 4.79 Å². The first-order chi connectivity index (χ1) is 8.87. The molecule has 1 amide bonds. The summed E-state index contributed by atoms with van der Waals surface area (Å²) in [7, 11) is 0.